The van der Waals surface area contributed by atoms with Gasteiger partial charge in [-0.1, -0.05) is 0 Å². The van der Waals surface area contributed by atoms with Crippen molar-refractivity contribution in [3.8, 4) is 0 Å². The largest absolute Gasteiger partial charge is 0.453 e. The molecule has 2 unspecified atom stereocenters. The van der Waals surface area contributed by atoms with Crippen LogP contribution in [0.3, 0.4) is 0 Å². The molecule has 2 saturated heterocycles. The fourth-order valence-corrected chi connectivity index (χ4v) is 2.88. The molecule has 0 spiro atoms. The topological polar surface area (TPSA) is 41.6 Å². The van der Waals surface area contributed by atoms with E-state index in [1.54, 1.807) is 0 Å². The molecule has 1 amide bonds. The van der Waals surface area contributed by atoms with E-state index in [1.165, 1.54) is 7.11 Å². The Hall–Kier alpha value is -0.770. The fourth-order valence-electron chi connectivity index (χ4n) is 2.88. The minimum absolute atomic E-state index is 0.0555. The molecule has 0 aromatic rings. The van der Waals surface area contributed by atoms with E-state index in [4.69, 9.17) is 4.74 Å². The molecule has 2 bridgehead atoms. The fraction of sp³-hybridized carbons (Fsp3) is 0.900. The summed E-state index contributed by atoms with van der Waals surface area (Å²) in [6.07, 6.45) is 1.94. The van der Waals surface area contributed by atoms with Crippen LogP contribution < -0.4 is 5.32 Å². The normalized spacial score (nSPS) is 41.2. The van der Waals surface area contributed by atoms with Crippen LogP contribution in [0.1, 0.15) is 26.7 Å². The summed E-state index contributed by atoms with van der Waals surface area (Å²) in [6, 6.07) is 0. The minimum atomic E-state index is -0.186. The van der Waals surface area contributed by atoms with Gasteiger partial charge in [0, 0.05) is 13.1 Å². The van der Waals surface area contributed by atoms with E-state index in [1.807, 2.05) is 4.90 Å². The lowest BCUT2D eigenvalue weighted by molar-refractivity contribution is 0.0222. The molecule has 2 heterocycles. The molecule has 14 heavy (non-hydrogen) atoms. The Balaban J connectivity index is 2.33. The van der Waals surface area contributed by atoms with Gasteiger partial charge in [0.25, 0.3) is 0 Å². The molecule has 2 fully saturated rings. The quantitative estimate of drug-likeness (QED) is 0.630. The first-order chi connectivity index (χ1) is 6.52. The van der Waals surface area contributed by atoms with Crippen LogP contribution in [-0.2, 0) is 4.74 Å². The van der Waals surface area contributed by atoms with Crippen LogP contribution in [0, 0.1) is 0 Å². The van der Waals surface area contributed by atoms with Gasteiger partial charge in [-0.3, -0.25) is 4.90 Å². The monoisotopic (exact) mass is 198 g/mol. The van der Waals surface area contributed by atoms with E-state index in [0.717, 1.165) is 25.9 Å². The van der Waals surface area contributed by atoms with Gasteiger partial charge in [0.15, 0.2) is 0 Å². The number of piperazine rings is 1. The van der Waals surface area contributed by atoms with Crippen LogP contribution in [0.15, 0.2) is 0 Å². The second-order valence-electron chi connectivity index (χ2n) is 4.90. The lowest BCUT2D eigenvalue weighted by Crippen LogP contribution is -2.66. The number of nitrogens with one attached hydrogen (secondary N) is 1. The Morgan fingerprint density at radius 2 is 1.79 bits per heavy atom. The average molecular weight is 198 g/mol. The Morgan fingerprint density at radius 1 is 1.29 bits per heavy atom. The predicted molar refractivity (Wildman–Crippen MR) is 53.2 cm³/mol. The number of carbonyl (C=O) groups excluding carboxylic acids is 1. The summed E-state index contributed by atoms with van der Waals surface area (Å²) in [7, 11) is 1.45. The molecule has 4 heteroatoms. The first-order valence-corrected chi connectivity index (χ1v) is 5.11. The van der Waals surface area contributed by atoms with E-state index in [-0.39, 0.29) is 17.2 Å². The second-order valence-corrected chi connectivity index (χ2v) is 4.90. The molecule has 4 nitrogen and oxygen atoms in total. The lowest BCUT2D eigenvalue weighted by atomic mass is 9.97. The van der Waals surface area contributed by atoms with Gasteiger partial charge in [-0.25, -0.2) is 4.79 Å². The molecule has 2 aliphatic heterocycles. The SMILES string of the molecule is COC(=O)N1C2(C)CCC1(C)CNC2. The molecule has 0 aliphatic carbocycles. The third-order valence-electron chi connectivity index (χ3n) is 3.65. The van der Waals surface area contributed by atoms with Gasteiger partial charge in [-0.15, -0.1) is 0 Å². The van der Waals surface area contributed by atoms with Crippen LogP contribution in [-0.4, -0.2) is 42.3 Å². The van der Waals surface area contributed by atoms with E-state index in [9.17, 15) is 4.79 Å². The van der Waals surface area contributed by atoms with Crippen molar-refractivity contribution in [3.63, 3.8) is 0 Å². The Bertz CT molecular complexity index is 251. The van der Waals surface area contributed by atoms with Gasteiger partial charge >= 0.3 is 6.09 Å². The molecule has 2 aliphatic rings. The van der Waals surface area contributed by atoms with Gasteiger partial charge in [0.05, 0.1) is 18.2 Å². The van der Waals surface area contributed by atoms with E-state index >= 15 is 0 Å². The van der Waals surface area contributed by atoms with Crippen molar-refractivity contribution < 1.29 is 9.53 Å². The first kappa shape index (κ1) is 9.77. The van der Waals surface area contributed by atoms with E-state index in [0.29, 0.717) is 0 Å². The number of fused-ring (bicyclic) bond motifs is 2. The van der Waals surface area contributed by atoms with Crippen molar-refractivity contribution in [1.82, 2.24) is 10.2 Å². The van der Waals surface area contributed by atoms with Crippen LogP contribution in [0.5, 0.6) is 0 Å². The van der Waals surface area contributed by atoms with E-state index in [2.05, 4.69) is 19.2 Å². The highest BCUT2D eigenvalue weighted by Crippen LogP contribution is 2.43. The lowest BCUT2D eigenvalue weighted by Gasteiger charge is -2.47. The van der Waals surface area contributed by atoms with Gasteiger partial charge < -0.3 is 10.1 Å². The molecule has 0 radical (unpaired) electrons. The standard InChI is InChI=1S/C10H18N2O2/c1-9-4-5-10(2,7-11-6-9)12(9)8(13)14-3/h11H,4-7H2,1-3H3. The number of methoxy groups -OCH3 is 1. The molecule has 2 atom stereocenters. The second kappa shape index (κ2) is 2.86. The zero-order valence-electron chi connectivity index (χ0n) is 9.09. The number of amides is 1. The molecular formula is C10H18N2O2. The number of hydrogen-bond donors (Lipinski definition) is 1. The third-order valence-corrected chi connectivity index (χ3v) is 3.65. The van der Waals surface area contributed by atoms with Gasteiger partial charge in [0.2, 0.25) is 0 Å². The first-order valence-electron chi connectivity index (χ1n) is 5.11. The third kappa shape index (κ3) is 1.13. The Kier molecular flexibility index (Phi) is 2.00. The zero-order chi connectivity index (χ0) is 10.4. The molecule has 0 aromatic carbocycles. The van der Waals surface area contributed by atoms with Crippen LogP contribution in [0.4, 0.5) is 4.79 Å². The molecule has 0 aromatic heterocycles. The summed E-state index contributed by atoms with van der Waals surface area (Å²) in [5.74, 6) is 0. The van der Waals surface area contributed by atoms with Gasteiger partial charge in [0.1, 0.15) is 0 Å². The van der Waals surface area contributed by atoms with Crippen LogP contribution in [0.25, 0.3) is 0 Å². The summed E-state index contributed by atoms with van der Waals surface area (Å²) < 4.78 is 4.86. The maximum Gasteiger partial charge on any atom is 0.410 e. The Labute approximate surface area is 84.6 Å². The van der Waals surface area contributed by atoms with Crippen LogP contribution in [0.2, 0.25) is 0 Å². The summed E-state index contributed by atoms with van der Waals surface area (Å²) in [5, 5.41) is 3.39. The number of hydrogen-bond acceptors (Lipinski definition) is 3. The highest BCUT2D eigenvalue weighted by Gasteiger charge is 2.55. The summed E-state index contributed by atoms with van der Waals surface area (Å²) in [4.78, 5) is 13.6. The minimum Gasteiger partial charge on any atom is -0.453 e. The molecule has 2 rings (SSSR count). The summed E-state index contributed by atoms with van der Waals surface area (Å²) in [6.45, 7) is 6.00. The molecule has 0 saturated carbocycles. The van der Waals surface area contributed by atoms with Crippen LogP contribution >= 0.6 is 0 Å². The van der Waals surface area contributed by atoms with Gasteiger partial charge in [-0.05, 0) is 26.7 Å². The number of nitrogens with zero attached hydrogens (tertiary/aromatic N) is 1. The number of ether oxygens (including phenoxy) is 1. The summed E-state index contributed by atoms with van der Waals surface area (Å²) in [5.41, 5.74) is -0.111. The molecular weight excluding hydrogens is 180 g/mol. The van der Waals surface area contributed by atoms with Crippen molar-refractivity contribution in [2.24, 2.45) is 0 Å². The highest BCUT2D eigenvalue weighted by molar-refractivity contribution is 5.70. The van der Waals surface area contributed by atoms with Gasteiger partial charge in [-0.2, -0.15) is 0 Å². The average Bonchev–Trinajstić information content (AvgIpc) is 2.28. The smallest absolute Gasteiger partial charge is 0.410 e. The number of rotatable bonds is 0. The Morgan fingerprint density at radius 3 is 2.21 bits per heavy atom. The number of carbonyl (C=O) groups is 1. The predicted octanol–water partition coefficient (Wildman–Crippen LogP) is 0.969. The van der Waals surface area contributed by atoms with E-state index < -0.39 is 0 Å². The zero-order valence-corrected chi connectivity index (χ0v) is 9.09. The van der Waals surface area contributed by atoms with Crippen molar-refractivity contribution in [2.45, 2.75) is 37.8 Å². The van der Waals surface area contributed by atoms with Crippen molar-refractivity contribution in [2.75, 3.05) is 20.2 Å². The molecule has 80 valence electrons. The maximum absolute atomic E-state index is 11.7. The highest BCUT2D eigenvalue weighted by atomic mass is 16.5. The molecule has 1 N–H and O–H groups in total. The van der Waals surface area contributed by atoms with Crippen molar-refractivity contribution in [1.29, 1.82) is 0 Å². The van der Waals surface area contributed by atoms with Crippen molar-refractivity contribution >= 4 is 6.09 Å². The maximum atomic E-state index is 11.7. The summed E-state index contributed by atoms with van der Waals surface area (Å²) >= 11 is 0. The van der Waals surface area contributed by atoms with Crippen molar-refractivity contribution in [3.05, 3.63) is 0 Å².